The number of nitrogens with one attached hydrogen (secondary N) is 1. The molecule has 0 aliphatic heterocycles. The summed E-state index contributed by atoms with van der Waals surface area (Å²) >= 11 is 0. The summed E-state index contributed by atoms with van der Waals surface area (Å²) in [5.41, 5.74) is -0.192. The Labute approximate surface area is 98.0 Å². The second-order valence-electron chi connectivity index (χ2n) is 4.57. The van der Waals surface area contributed by atoms with E-state index in [2.05, 4.69) is 5.32 Å². The Morgan fingerprint density at radius 2 is 1.88 bits per heavy atom. The number of hydrogen-bond donors (Lipinski definition) is 2. The second-order valence-corrected chi connectivity index (χ2v) is 4.57. The minimum Gasteiger partial charge on any atom is -0.394 e. The Morgan fingerprint density at radius 3 is 2.31 bits per heavy atom. The van der Waals surface area contributed by atoms with Crippen molar-refractivity contribution in [3.8, 4) is 0 Å². The molecular weight excluding hydrogens is 204 g/mol. The summed E-state index contributed by atoms with van der Waals surface area (Å²) in [4.78, 5) is 13.6. The van der Waals surface area contributed by atoms with Crippen molar-refractivity contribution in [2.24, 2.45) is 0 Å². The summed E-state index contributed by atoms with van der Waals surface area (Å²) in [6.45, 7) is 5.96. The van der Waals surface area contributed by atoms with Crippen LogP contribution >= 0.6 is 0 Å². The van der Waals surface area contributed by atoms with E-state index in [1.807, 2.05) is 18.7 Å². The standard InChI is InChI=1S/C12H24N2O2/c1-3-14(4-2)11(16)9-13-12(10-15)7-5-6-8-12/h13,15H,3-10H2,1-2H3. The number of hydrogen-bond acceptors (Lipinski definition) is 3. The van der Waals surface area contributed by atoms with Gasteiger partial charge in [-0.2, -0.15) is 0 Å². The largest absolute Gasteiger partial charge is 0.394 e. The third-order valence-corrected chi connectivity index (χ3v) is 3.59. The van der Waals surface area contributed by atoms with E-state index in [0.717, 1.165) is 38.8 Å². The lowest BCUT2D eigenvalue weighted by atomic mass is 9.99. The van der Waals surface area contributed by atoms with Crippen LogP contribution in [0.15, 0.2) is 0 Å². The fourth-order valence-electron chi connectivity index (χ4n) is 2.39. The average molecular weight is 228 g/mol. The molecule has 0 heterocycles. The first-order valence-corrected chi connectivity index (χ1v) is 6.31. The lowest BCUT2D eigenvalue weighted by Crippen LogP contribution is -2.50. The number of carbonyl (C=O) groups is 1. The molecule has 1 fully saturated rings. The average Bonchev–Trinajstić information content (AvgIpc) is 2.77. The highest BCUT2D eigenvalue weighted by molar-refractivity contribution is 5.78. The van der Waals surface area contributed by atoms with Crippen molar-refractivity contribution >= 4 is 5.91 Å². The molecule has 1 rings (SSSR count). The van der Waals surface area contributed by atoms with Gasteiger partial charge in [-0.05, 0) is 26.7 Å². The van der Waals surface area contributed by atoms with Crippen molar-refractivity contribution in [2.45, 2.75) is 45.1 Å². The lowest BCUT2D eigenvalue weighted by molar-refractivity contribution is -0.130. The maximum absolute atomic E-state index is 11.8. The van der Waals surface area contributed by atoms with Crippen molar-refractivity contribution in [2.75, 3.05) is 26.2 Å². The lowest BCUT2D eigenvalue weighted by Gasteiger charge is -2.29. The van der Waals surface area contributed by atoms with Crippen molar-refractivity contribution < 1.29 is 9.90 Å². The van der Waals surface area contributed by atoms with E-state index in [4.69, 9.17) is 0 Å². The van der Waals surface area contributed by atoms with Crippen LogP contribution in [0.2, 0.25) is 0 Å². The monoisotopic (exact) mass is 228 g/mol. The molecule has 0 aromatic carbocycles. The van der Waals surface area contributed by atoms with Gasteiger partial charge in [0.2, 0.25) is 5.91 Å². The molecule has 4 heteroatoms. The number of amides is 1. The minimum atomic E-state index is -0.192. The molecule has 0 bridgehead atoms. The number of rotatable bonds is 6. The summed E-state index contributed by atoms with van der Waals surface area (Å²) < 4.78 is 0. The zero-order valence-corrected chi connectivity index (χ0v) is 10.5. The summed E-state index contributed by atoms with van der Waals surface area (Å²) in [6.07, 6.45) is 4.25. The van der Waals surface area contributed by atoms with E-state index in [9.17, 15) is 9.90 Å². The van der Waals surface area contributed by atoms with E-state index in [1.165, 1.54) is 0 Å². The zero-order chi connectivity index (χ0) is 12.0. The molecule has 0 unspecified atom stereocenters. The first kappa shape index (κ1) is 13.5. The predicted octanol–water partition coefficient (Wildman–Crippen LogP) is 0.749. The molecule has 1 saturated carbocycles. The van der Waals surface area contributed by atoms with Gasteiger partial charge in [0.25, 0.3) is 0 Å². The smallest absolute Gasteiger partial charge is 0.236 e. The number of carbonyl (C=O) groups excluding carboxylic acids is 1. The van der Waals surface area contributed by atoms with Gasteiger partial charge in [0.1, 0.15) is 0 Å². The quantitative estimate of drug-likeness (QED) is 0.705. The molecule has 0 aromatic heterocycles. The van der Waals surface area contributed by atoms with Crippen LogP contribution in [-0.2, 0) is 4.79 Å². The van der Waals surface area contributed by atoms with Crippen molar-refractivity contribution in [3.63, 3.8) is 0 Å². The van der Waals surface area contributed by atoms with E-state index in [0.29, 0.717) is 6.54 Å². The van der Waals surface area contributed by atoms with Crippen LogP contribution in [0.4, 0.5) is 0 Å². The Hall–Kier alpha value is -0.610. The minimum absolute atomic E-state index is 0.129. The Kier molecular flexibility index (Phi) is 5.22. The van der Waals surface area contributed by atoms with Crippen LogP contribution < -0.4 is 5.32 Å². The molecule has 0 atom stereocenters. The van der Waals surface area contributed by atoms with Gasteiger partial charge in [0.05, 0.1) is 13.2 Å². The molecule has 16 heavy (non-hydrogen) atoms. The van der Waals surface area contributed by atoms with Crippen molar-refractivity contribution in [1.29, 1.82) is 0 Å². The van der Waals surface area contributed by atoms with Gasteiger partial charge < -0.3 is 15.3 Å². The predicted molar refractivity (Wildman–Crippen MR) is 64.2 cm³/mol. The first-order chi connectivity index (χ1) is 7.67. The number of nitrogens with zero attached hydrogens (tertiary/aromatic N) is 1. The molecule has 0 radical (unpaired) electrons. The van der Waals surface area contributed by atoms with Crippen LogP contribution in [0.25, 0.3) is 0 Å². The van der Waals surface area contributed by atoms with Crippen LogP contribution in [0.1, 0.15) is 39.5 Å². The molecule has 4 nitrogen and oxygen atoms in total. The second kappa shape index (κ2) is 6.21. The Bertz CT molecular complexity index is 221. The van der Waals surface area contributed by atoms with Gasteiger partial charge in [0, 0.05) is 18.6 Å². The van der Waals surface area contributed by atoms with Crippen LogP contribution in [0, 0.1) is 0 Å². The van der Waals surface area contributed by atoms with E-state index in [1.54, 1.807) is 0 Å². The van der Waals surface area contributed by atoms with Crippen LogP contribution in [0.5, 0.6) is 0 Å². The highest BCUT2D eigenvalue weighted by Gasteiger charge is 2.33. The molecule has 1 amide bonds. The molecule has 1 aliphatic rings. The van der Waals surface area contributed by atoms with Crippen LogP contribution in [0.3, 0.4) is 0 Å². The maximum atomic E-state index is 11.8. The zero-order valence-electron chi connectivity index (χ0n) is 10.5. The molecular formula is C12H24N2O2. The van der Waals surface area contributed by atoms with Crippen molar-refractivity contribution in [1.82, 2.24) is 10.2 Å². The molecule has 0 aromatic rings. The molecule has 0 saturated heterocycles. The van der Waals surface area contributed by atoms with Gasteiger partial charge in [-0.25, -0.2) is 0 Å². The molecule has 0 spiro atoms. The third-order valence-electron chi connectivity index (χ3n) is 3.59. The summed E-state index contributed by atoms with van der Waals surface area (Å²) in [5, 5.41) is 12.6. The highest BCUT2D eigenvalue weighted by Crippen LogP contribution is 2.28. The van der Waals surface area contributed by atoms with Gasteiger partial charge in [-0.3, -0.25) is 4.79 Å². The van der Waals surface area contributed by atoms with Gasteiger partial charge in [0.15, 0.2) is 0 Å². The van der Waals surface area contributed by atoms with Gasteiger partial charge >= 0.3 is 0 Å². The van der Waals surface area contributed by atoms with Gasteiger partial charge in [-0.1, -0.05) is 12.8 Å². The Balaban J connectivity index is 2.40. The normalized spacial score (nSPS) is 18.7. The Morgan fingerprint density at radius 1 is 1.31 bits per heavy atom. The van der Waals surface area contributed by atoms with Crippen molar-refractivity contribution in [3.05, 3.63) is 0 Å². The maximum Gasteiger partial charge on any atom is 0.236 e. The number of aliphatic hydroxyl groups excluding tert-OH is 1. The van der Waals surface area contributed by atoms with E-state index >= 15 is 0 Å². The fraction of sp³-hybridized carbons (Fsp3) is 0.917. The number of likely N-dealkylation sites (N-methyl/N-ethyl adjacent to an activating group) is 1. The molecule has 2 N–H and O–H groups in total. The number of aliphatic hydroxyl groups is 1. The summed E-state index contributed by atoms with van der Waals surface area (Å²) in [7, 11) is 0. The summed E-state index contributed by atoms with van der Waals surface area (Å²) in [5.74, 6) is 0.129. The fourth-order valence-corrected chi connectivity index (χ4v) is 2.39. The van der Waals surface area contributed by atoms with E-state index in [-0.39, 0.29) is 18.1 Å². The SMILES string of the molecule is CCN(CC)C(=O)CNC1(CO)CCCC1. The van der Waals surface area contributed by atoms with Crippen LogP contribution in [-0.4, -0.2) is 47.7 Å². The van der Waals surface area contributed by atoms with Gasteiger partial charge in [-0.15, -0.1) is 0 Å². The highest BCUT2D eigenvalue weighted by atomic mass is 16.3. The third kappa shape index (κ3) is 3.19. The molecule has 94 valence electrons. The first-order valence-electron chi connectivity index (χ1n) is 6.31. The van der Waals surface area contributed by atoms with E-state index < -0.39 is 0 Å². The summed E-state index contributed by atoms with van der Waals surface area (Å²) in [6, 6.07) is 0. The molecule has 1 aliphatic carbocycles. The topological polar surface area (TPSA) is 52.6 Å².